The van der Waals surface area contributed by atoms with E-state index in [1.165, 1.54) is 6.92 Å². The minimum atomic E-state index is -3.77. The van der Waals surface area contributed by atoms with Crippen LogP contribution in [0.2, 0.25) is 0 Å². The third kappa shape index (κ3) is 4.41. The van der Waals surface area contributed by atoms with Gasteiger partial charge in [-0.05, 0) is 19.1 Å². The molecule has 1 amide bonds. The van der Waals surface area contributed by atoms with Gasteiger partial charge in [0.15, 0.2) is 15.7 Å². The van der Waals surface area contributed by atoms with Crippen LogP contribution < -0.4 is 5.32 Å². The van der Waals surface area contributed by atoms with E-state index in [-0.39, 0.29) is 11.3 Å². The van der Waals surface area contributed by atoms with Crippen LogP contribution in [0.1, 0.15) is 39.4 Å². The van der Waals surface area contributed by atoms with Gasteiger partial charge in [-0.25, -0.2) is 8.42 Å². The molecule has 0 aliphatic rings. The first-order valence-electron chi connectivity index (χ1n) is 7.50. The summed E-state index contributed by atoms with van der Waals surface area (Å²) in [4.78, 5) is 16.3. The summed E-state index contributed by atoms with van der Waals surface area (Å²) in [5.74, 6) is -0.662. The highest BCUT2D eigenvalue weighted by atomic mass is 32.2. The molecule has 1 heterocycles. The van der Waals surface area contributed by atoms with Gasteiger partial charge in [0, 0.05) is 11.1 Å². The Morgan fingerprint density at radius 2 is 1.88 bits per heavy atom. The molecule has 0 radical (unpaired) electrons. The number of carbonyl (C=O) groups excluding carboxylic acids is 1. The van der Waals surface area contributed by atoms with Gasteiger partial charge < -0.3 is 9.84 Å². The minimum Gasteiger partial charge on any atom is -0.338 e. The van der Waals surface area contributed by atoms with Crippen molar-refractivity contribution in [3.8, 4) is 0 Å². The Balaban J connectivity index is 2.09. The zero-order valence-corrected chi connectivity index (χ0v) is 14.9. The zero-order chi connectivity index (χ0) is 18.0. The molecule has 130 valence electrons. The predicted octanol–water partition coefficient (Wildman–Crippen LogP) is 2.31. The lowest BCUT2D eigenvalue weighted by Gasteiger charge is -2.12. The number of benzene rings is 1. The van der Waals surface area contributed by atoms with Crippen LogP contribution >= 0.6 is 0 Å². The van der Waals surface area contributed by atoms with Crippen LogP contribution in [-0.4, -0.2) is 29.7 Å². The lowest BCUT2D eigenvalue weighted by molar-refractivity contribution is -0.115. The van der Waals surface area contributed by atoms with Crippen LogP contribution in [0.3, 0.4) is 0 Å². The highest BCUT2D eigenvalue weighted by Gasteiger charge is 2.31. The van der Waals surface area contributed by atoms with Crippen molar-refractivity contribution in [3.63, 3.8) is 0 Å². The van der Waals surface area contributed by atoms with E-state index in [1.54, 1.807) is 30.3 Å². The number of nitrogens with zero attached hydrogens (tertiary/aromatic N) is 2. The molecule has 0 aliphatic heterocycles. The number of hydrogen-bond donors (Lipinski definition) is 1. The average molecular weight is 351 g/mol. The van der Waals surface area contributed by atoms with Gasteiger partial charge in [0.05, 0.1) is 0 Å². The number of rotatable bonds is 5. The van der Waals surface area contributed by atoms with Gasteiger partial charge in [0.1, 0.15) is 11.0 Å². The van der Waals surface area contributed by atoms with Crippen molar-refractivity contribution >= 4 is 21.4 Å². The van der Waals surface area contributed by atoms with E-state index in [1.807, 2.05) is 20.8 Å². The first-order chi connectivity index (χ1) is 11.1. The van der Waals surface area contributed by atoms with Gasteiger partial charge in [-0.2, -0.15) is 4.98 Å². The molecular weight excluding hydrogens is 330 g/mol. The summed E-state index contributed by atoms with van der Waals surface area (Å²) < 4.78 is 29.8. The fourth-order valence-corrected chi connectivity index (χ4v) is 2.94. The molecule has 0 saturated heterocycles. The Kier molecular flexibility index (Phi) is 5.08. The highest BCUT2D eigenvalue weighted by molar-refractivity contribution is 7.92. The zero-order valence-electron chi connectivity index (χ0n) is 14.1. The molecule has 0 saturated carbocycles. The molecule has 2 aromatic rings. The largest absolute Gasteiger partial charge is 0.338 e. The molecule has 0 aliphatic carbocycles. The van der Waals surface area contributed by atoms with Gasteiger partial charge in [-0.3, -0.25) is 4.79 Å². The smallest absolute Gasteiger partial charge is 0.242 e. The number of hydrogen-bond acceptors (Lipinski definition) is 6. The summed E-state index contributed by atoms with van der Waals surface area (Å²) in [5.41, 5.74) is 0.194. The van der Waals surface area contributed by atoms with Gasteiger partial charge >= 0.3 is 0 Å². The quantitative estimate of drug-likeness (QED) is 0.887. The van der Waals surface area contributed by atoms with Gasteiger partial charge in [0.2, 0.25) is 11.8 Å². The molecule has 24 heavy (non-hydrogen) atoms. The summed E-state index contributed by atoms with van der Waals surface area (Å²) in [6, 6.07) is 8.68. The summed E-state index contributed by atoms with van der Waals surface area (Å²) in [6.07, 6.45) is 0. The standard InChI is InChI=1S/C16H21N3O4S/c1-11(14(20)17-12-8-6-5-7-9-12)24(21,22)10-13-18-15(19-23-13)16(2,3)4/h5-9,11H,10H2,1-4H3,(H,17,20). The van der Waals surface area contributed by atoms with Crippen molar-refractivity contribution in [1.29, 1.82) is 0 Å². The average Bonchev–Trinajstić information content (AvgIpc) is 2.95. The van der Waals surface area contributed by atoms with E-state index in [0.717, 1.165) is 0 Å². The Morgan fingerprint density at radius 3 is 2.42 bits per heavy atom. The summed E-state index contributed by atoms with van der Waals surface area (Å²) in [6.45, 7) is 7.03. The molecule has 2 rings (SSSR count). The number of para-hydroxylation sites is 1. The van der Waals surface area contributed by atoms with Crippen LogP contribution in [0.5, 0.6) is 0 Å². The number of anilines is 1. The molecule has 0 spiro atoms. The van der Waals surface area contributed by atoms with Crippen molar-refractivity contribution in [1.82, 2.24) is 10.1 Å². The molecule has 1 unspecified atom stereocenters. The second-order valence-electron chi connectivity index (χ2n) is 6.57. The Bertz CT molecular complexity index is 807. The van der Waals surface area contributed by atoms with E-state index >= 15 is 0 Å². The van der Waals surface area contributed by atoms with Crippen molar-refractivity contribution in [2.75, 3.05) is 5.32 Å². The lowest BCUT2D eigenvalue weighted by Crippen LogP contribution is -2.33. The molecular formula is C16H21N3O4S. The Morgan fingerprint density at radius 1 is 1.25 bits per heavy atom. The Labute approximate surface area is 141 Å². The van der Waals surface area contributed by atoms with Gasteiger partial charge in [-0.15, -0.1) is 0 Å². The maximum Gasteiger partial charge on any atom is 0.242 e. The summed E-state index contributed by atoms with van der Waals surface area (Å²) in [7, 11) is -3.77. The number of carbonyl (C=O) groups is 1. The van der Waals surface area contributed by atoms with E-state index < -0.39 is 26.7 Å². The van der Waals surface area contributed by atoms with Crippen LogP contribution in [0, 0.1) is 0 Å². The first-order valence-corrected chi connectivity index (χ1v) is 9.22. The number of sulfone groups is 1. The number of amides is 1. The minimum absolute atomic E-state index is 0.0145. The topological polar surface area (TPSA) is 102 Å². The first kappa shape index (κ1) is 18.1. The summed E-state index contributed by atoms with van der Waals surface area (Å²) in [5, 5.41) is 5.14. The van der Waals surface area contributed by atoms with Gasteiger partial charge in [0.25, 0.3) is 0 Å². The van der Waals surface area contributed by atoms with Crippen LogP contribution in [0.25, 0.3) is 0 Å². The fourth-order valence-electron chi connectivity index (χ4n) is 1.84. The predicted molar refractivity (Wildman–Crippen MR) is 90.2 cm³/mol. The van der Waals surface area contributed by atoms with E-state index in [0.29, 0.717) is 11.5 Å². The second kappa shape index (κ2) is 6.72. The molecule has 8 heteroatoms. The highest BCUT2D eigenvalue weighted by Crippen LogP contribution is 2.20. The summed E-state index contributed by atoms with van der Waals surface area (Å²) >= 11 is 0. The van der Waals surface area contributed by atoms with E-state index in [2.05, 4.69) is 15.5 Å². The molecule has 1 atom stereocenters. The van der Waals surface area contributed by atoms with E-state index in [9.17, 15) is 13.2 Å². The van der Waals surface area contributed by atoms with Gasteiger partial charge in [-0.1, -0.05) is 44.1 Å². The van der Waals surface area contributed by atoms with Crippen molar-refractivity contribution in [3.05, 3.63) is 42.0 Å². The van der Waals surface area contributed by atoms with Crippen molar-refractivity contribution in [2.24, 2.45) is 0 Å². The Hall–Kier alpha value is -2.22. The maximum absolute atomic E-state index is 12.4. The fraction of sp³-hybridized carbons (Fsp3) is 0.438. The number of nitrogens with one attached hydrogen (secondary N) is 1. The molecule has 0 bridgehead atoms. The van der Waals surface area contributed by atoms with Crippen molar-refractivity contribution < 1.29 is 17.7 Å². The maximum atomic E-state index is 12.4. The van der Waals surface area contributed by atoms with Crippen LogP contribution in [0.4, 0.5) is 5.69 Å². The molecule has 1 aromatic heterocycles. The third-order valence-electron chi connectivity index (χ3n) is 3.41. The van der Waals surface area contributed by atoms with Crippen LogP contribution in [0.15, 0.2) is 34.9 Å². The van der Waals surface area contributed by atoms with Crippen LogP contribution in [-0.2, 0) is 25.8 Å². The third-order valence-corrected chi connectivity index (χ3v) is 5.35. The van der Waals surface area contributed by atoms with Crippen molar-refractivity contribution in [2.45, 2.75) is 44.1 Å². The monoisotopic (exact) mass is 351 g/mol. The SMILES string of the molecule is CC(C(=O)Nc1ccccc1)S(=O)(=O)Cc1nc(C(C)(C)C)no1. The lowest BCUT2D eigenvalue weighted by atomic mass is 9.96. The molecule has 1 N–H and O–H groups in total. The second-order valence-corrected chi connectivity index (χ2v) is 8.89. The molecule has 7 nitrogen and oxygen atoms in total. The number of aromatic nitrogens is 2. The molecule has 1 aromatic carbocycles. The molecule has 0 fully saturated rings. The van der Waals surface area contributed by atoms with E-state index in [4.69, 9.17) is 4.52 Å². The normalized spacial score (nSPS) is 13.5.